The maximum Gasteiger partial charge on any atom is 0.177 e. The minimum Gasteiger partial charge on any atom is -0.374 e. The summed E-state index contributed by atoms with van der Waals surface area (Å²) in [5, 5.41) is 0. The zero-order valence-electron chi connectivity index (χ0n) is 7.61. The van der Waals surface area contributed by atoms with Gasteiger partial charge in [-0.3, -0.25) is 0 Å². The molecule has 0 aliphatic heterocycles. The van der Waals surface area contributed by atoms with Crippen molar-refractivity contribution in [2.45, 2.75) is 13.0 Å². The smallest absolute Gasteiger partial charge is 0.177 e. The normalized spacial score (nSPS) is 13.4. The molecular weight excluding hydrogens is 166 g/mol. The lowest BCUT2D eigenvalue weighted by atomic mass is 10.4. The average molecular weight is 177 g/mol. The van der Waals surface area contributed by atoms with Gasteiger partial charge in [-0.1, -0.05) is 0 Å². The van der Waals surface area contributed by atoms with E-state index in [0.29, 0.717) is 0 Å². The second-order valence-corrected chi connectivity index (χ2v) is 2.87. The van der Waals surface area contributed by atoms with Crippen molar-refractivity contribution < 1.29 is 4.74 Å². The van der Waals surface area contributed by atoms with Crippen LogP contribution in [0.1, 0.15) is 18.9 Å². The number of rotatable bonds is 2. The third-order valence-corrected chi connectivity index (χ3v) is 2.01. The monoisotopic (exact) mass is 177 g/mol. The summed E-state index contributed by atoms with van der Waals surface area (Å²) in [4.78, 5) is 11.6. The fraction of sp³-hybridized carbons (Fsp3) is 0.333. The Morgan fingerprint density at radius 2 is 2.38 bits per heavy atom. The number of pyridine rings is 1. The molecule has 2 heterocycles. The van der Waals surface area contributed by atoms with Gasteiger partial charge in [-0.25, -0.2) is 9.97 Å². The van der Waals surface area contributed by atoms with Crippen molar-refractivity contribution in [2.75, 3.05) is 7.11 Å². The molecule has 0 fully saturated rings. The predicted molar refractivity (Wildman–Crippen MR) is 49.3 cm³/mol. The number of methoxy groups -OCH3 is 1. The molecule has 0 radical (unpaired) electrons. The third-order valence-electron chi connectivity index (χ3n) is 2.01. The van der Waals surface area contributed by atoms with E-state index in [9.17, 15) is 0 Å². The molecule has 68 valence electrons. The number of H-pyrrole nitrogens is 1. The summed E-state index contributed by atoms with van der Waals surface area (Å²) in [6.07, 6.45) is 1.71. The van der Waals surface area contributed by atoms with Gasteiger partial charge >= 0.3 is 0 Å². The largest absolute Gasteiger partial charge is 0.374 e. The zero-order chi connectivity index (χ0) is 9.26. The maximum atomic E-state index is 5.14. The Hall–Kier alpha value is -1.42. The number of hydrogen-bond donors (Lipinski definition) is 1. The van der Waals surface area contributed by atoms with Crippen molar-refractivity contribution in [3.63, 3.8) is 0 Å². The number of nitrogens with zero attached hydrogens (tertiary/aromatic N) is 2. The summed E-state index contributed by atoms with van der Waals surface area (Å²) < 4.78 is 5.14. The molecule has 4 heteroatoms. The van der Waals surface area contributed by atoms with Crippen molar-refractivity contribution in [2.24, 2.45) is 0 Å². The number of imidazole rings is 1. The Bertz CT molecular complexity index is 377. The van der Waals surface area contributed by atoms with Crippen LogP contribution >= 0.6 is 0 Å². The van der Waals surface area contributed by atoms with Crippen LogP contribution in [0.2, 0.25) is 0 Å². The first-order valence-electron chi connectivity index (χ1n) is 4.14. The van der Waals surface area contributed by atoms with Gasteiger partial charge in [0.1, 0.15) is 11.9 Å². The van der Waals surface area contributed by atoms with E-state index < -0.39 is 0 Å². The van der Waals surface area contributed by atoms with Crippen LogP contribution in [0.5, 0.6) is 0 Å². The Morgan fingerprint density at radius 3 is 3.08 bits per heavy atom. The molecule has 0 saturated carbocycles. The molecular formula is C9H11N3O. The van der Waals surface area contributed by atoms with Crippen LogP contribution in [0.15, 0.2) is 18.3 Å². The molecule has 1 unspecified atom stereocenters. The molecule has 1 N–H and O–H groups in total. The van der Waals surface area contributed by atoms with E-state index in [0.717, 1.165) is 17.0 Å². The Balaban J connectivity index is 2.49. The third kappa shape index (κ3) is 1.40. The van der Waals surface area contributed by atoms with Crippen molar-refractivity contribution in [3.8, 4) is 0 Å². The Morgan fingerprint density at radius 1 is 1.54 bits per heavy atom. The van der Waals surface area contributed by atoms with Gasteiger partial charge in [-0.15, -0.1) is 0 Å². The van der Waals surface area contributed by atoms with Gasteiger partial charge in [0.05, 0.1) is 5.52 Å². The van der Waals surface area contributed by atoms with E-state index in [2.05, 4.69) is 15.0 Å². The van der Waals surface area contributed by atoms with Crippen LogP contribution in [0.3, 0.4) is 0 Å². The number of aromatic nitrogens is 3. The summed E-state index contributed by atoms with van der Waals surface area (Å²) in [6.45, 7) is 1.94. The van der Waals surface area contributed by atoms with Crippen molar-refractivity contribution >= 4 is 11.2 Å². The first-order chi connectivity index (χ1) is 6.31. The van der Waals surface area contributed by atoms with E-state index >= 15 is 0 Å². The van der Waals surface area contributed by atoms with Gasteiger partial charge in [0.25, 0.3) is 0 Å². The highest BCUT2D eigenvalue weighted by molar-refractivity contribution is 5.69. The molecule has 2 rings (SSSR count). The quantitative estimate of drug-likeness (QED) is 0.759. The summed E-state index contributed by atoms with van der Waals surface area (Å²) >= 11 is 0. The number of fused-ring (bicyclic) bond motifs is 1. The standard InChI is InChI=1S/C9H11N3O/c1-6(13-2)8-11-7-4-3-5-10-9(7)12-8/h3-6H,1-2H3,(H,10,11,12). The lowest BCUT2D eigenvalue weighted by Gasteiger charge is -2.03. The molecule has 2 aromatic heterocycles. The summed E-state index contributed by atoms with van der Waals surface area (Å²) in [5.74, 6) is 0.816. The summed E-state index contributed by atoms with van der Waals surface area (Å²) in [6, 6.07) is 3.82. The van der Waals surface area contributed by atoms with Gasteiger partial charge in [0, 0.05) is 13.3 Å². The van der Waals surface area contributed by atoms with Crippen LogP contribution in [0.25, 0.3) is 11.2 Å². The first-order valence-corrected chi connectivity index (χ1v) is 4.14. The highest BCUT2D eigenvalue weighted by Crippen LogP contribution is 2.15. The van der Waals surface area contributed by atoms with Crippen molar-refractivity contribution in [1.82, 2.24) is 15.0 Å². The van der Waals surface area contributed by atoms with Crippen LogP contribution in [-0.2, 0) is 4.74 Å². The predicted octanol–water partition coefficient (Wildman–Crippen LogP) is 1.67. The molecule has 0 aliphatic rings. The first kappa shape index (κ1) is 8.19. The second kappa shape index (κ2) is 3.14. The molecule has 0 saturated heterocycles. The van der Waals surface area contributed by atoms with Crippen LogP contribution in [0.4, 0.5) is 0 Å². The van der Waals surface area contributed by atoms with Crippen LogP contribution in [0, 0.1) is 0 Å². The molecule has 0 spiro atoms. The molecule has 0 amide bonds. The maximum absolute atomic E-state index is 5.14. The molecule has 2 aromatic rings. The van der Waals surface area contributed by atoms with Gasteiger partial charge in [0.15, 0.2) is 5.65 Å². The van der Waals surface area contributed by atoms with Crippen molar-refractivity contribution in [1.29, 1.82) is 0 Å². The molecule has 13 heavy (non-hydrogen) atoms. The number of hydrogen-bond acceptors (Lipinski definition) is 3. The topological polar surface area (TPSA) is 50.8 Å². The number of ether oxygens (including phenoxy) is 1. The number of aromatic amines is 1. The van der Waals surface area contributed by atoms with E-state index in [1.165, 1.54) is 0 Å². The molecule has 4 nitrogen and oxygen atoms in total. The highest BCUT2D eigenvalue weighted by atomic mass is 16.5. The minimum atomic E-state index is -0.0193. The summed E-state index contributed by atoms with van der Waals surface area (Å²) in [5.41, 5.74) is 1.68. The van der Waals surface area contributed by atoms with Crippen LogP contribution in [-0.4, -0.2) is 22.1 Å². The van der Waals surface area contributed by atoms with Crippen molar-refractivity contribution in [3.05, 3.63) is 24.2 Å². The highest BCUT2D eigenvalue weighted by Gasteiger charge is 2.09. The summed E-state index contributed by atoms with van der Waals surface area (Å²) in [7, 11) is 1.66. The minimum absolute atomic E-state index is 0.0193. The molecule has 0 bridgehead atoms. The molecule has 0 aromatic carbocycles. The Labute approximate surface area is 76.0 Å². The lowest BCUT2D eigenvalue weighted by Crippen LogP contribution is -1.97. The zero-order valence-corrected chi connectivity index (χ0v) is 7.61. The second-order valence-electron chi connectivity index (χ2n) is 2.87. The Kier molecular flexibility index (Phi) is 1.98. The van der Waals surface area contributed by atoms with Gasteiger partial charge in [0.2, 0.25) is 0 Å². The molecule has 1 atom stereocenters. The van der Waals surface area contributed by atoms with E-state index in [1.54, 1.807) is 13.3 Å². The van der Waals surface area contributed by atoms with Gasteiger partial charge < -0.3 is 9.72 Å². The van der Waals surface area contributed by atoms with E-state index in [-0.39, 0.29) is 6.10 Å². The van der Waals surface area contributed by atoms with E-state index in [4.69, 9.17) is 4.74 Å². The van der Waals surface area contributed by atoms with Gasteiger partial charge in [-0.05, 0) is 19.1 Å². The average Bonchev–Trinajstić information content (AvgIpc) is 2.59. The lowest BCUT2D eigenvalue weighted by molar-refractivity contribution is 0.113. The molecule has 0 aliphatic carbocycles. The van der Waals surface area contributed by atoms with Gasteiger partial charge in [-0.2, -0.15) is 0 Å². The van der Waals surface area contributed by atoms with Crippen LogP contribution < -0.4 is 0 Å². The number of nitrogens with one attached hydrogen (secondary N) is 1. The van der Waals surface area contributed by atoms with E-state index in [1.807, 2.05) is 19.1 Å². The fourth-order valence-electron chi connectivity index (χ4n) is 1.17. The SMILES string of the molecule is COC(C)c1nc2ncccc2[nH]1. The fourth-order valence-corrected chi connectivity index (χ4v) is 1.17.